The van der Waals surface area contributed by atoms with Crippen molar-refractivity contribution in [3.63, 3.8) is 0 Å². The van der Waals surface area contributed by atoms with Gasteiger partial charge >= 0.3 is 0 Å². The summed E-state index contributed by atoms with van der Waals surface area (Å²) < 4.78 is 0. The Morgan fingerprint density at radius 1 is 1.59 bits per heavy atom. The van der Waals surface area contributed by atoms with Crippen LogP contribution in [0.4, 0.5) is 5.69 Å². The number of hydrogen-bond acceptors (Lipinski definition) is 5. The van der Waals surface area contributed by atoms with Gasteiger partial charge in [0.15, 0.2) is 5.69 Å². The molecule has 2 aromatic heterocycles. The van der Waals surface area contributed by atoms with Crippen LogP contribution < -0.4 is 11.1 Å². The fourth-order valence-electron chi connectivity index (χ4n) is 1.29. The molecule has 1 amide bonds. The first-order valence-electron chi connectivity index (χ1n) is 5.02. The highest BCUT2D eigenvalue weighted by molar-refractivity contribution is 5.97. The maximum absolute atomic E-state index is 11.7. The summed E-state index contributed by atoms with van der Waals surface area (Å²) in [4.78, 5) is 19.5. The average Bonchev–Trinajstić information content (AvgIpc) is 2.69. The SMILES string of the molecule is Cc1[nH]nc(C(=O)NCc2ccncn2)c1N. The van der Waals surface area contributed by atoms with E-state index in [2.05, 4.69) is 25.5 Å². The molecule has 0 aliphatic heterocycles. The maximum atomic E-state index is 11.7. The molecule has 17 heavy (non-hydrogen) atoms. The van der Waals surface area contributed by atoms with E-state index in [0.717, 1.165) is 5.69 Å². The summed E-state index contributed by atoms with van der Waals surface area (Å²) in [5, 5.41) is 9.16. The van der Waals surface area contributed by atoms with Crippen molar-refractivity contribution < 1.29 is 4.79 Å². The van der Waals surface area contributed by atoms with Gasteiger partial charge in [0, 0.05) is 6.20 Å². The van der Waals surface area contributed by atoms with Crippen LogP contribution in [0.25, 0.3) is 0 Å². The molecule has 7 heteroatoms. The van der Waals surface area contributed by atoms with Crippen LogP contribution in [-0.4, -0.2) is 26.1 Å². The lowest BCUT2D eigenvalue weighted by Gasteiger charge is -2.02. The molecule has 0 atom stereocenters. The number of aromatic amines is 1. The van der Waals surface area contributed by atoms with Crippen LogP contribution in [-0.2, 0) is 6.54 Å². The van der Waals surface area contributed by atoms with E-state index in [0.29, 0.717) is 17.9 Å². The van der Waals surface area contributed by atoms with Gasteiger partial charge in [-0.3, -0.25) is 9.89 Å². The summed E-state index contributed by atoms with van der Waals surface area (Å²) >= 11 is 0. The highest BCUT2D eigenvalue weighted by atomic mass is 16.1. The molecule has 0 saturated heterocycles. The van der Waals surface area contributed by atoms with E-state index in [1.165, 1.54) is 6.33 Å². The Morgan fingerprint density at radius 3 is 3.00 bits per heavy atom. The number of nitrogen functional groups attached to an aromatic ring is 1. The van der Waals surface area contributed by atoms with Crippen LogP contribution in [0.5, 0.6) is 0 Å². The van der Waals surface area contributed by atoms with Gasteiger partial charge in [0.25, 0.3) is 5.91 Å². The first-order valence-corrected chi connectivity index (χ1v) is 5.02. The molecule has 0 aliphatic rings. The Bertz CT molecular complexity index is 521. The van der Waals surface area contributed by atoms with Crippen molar-refractivity contribution in [1.29, 1.82) is 0 Å². The zero-order valence-corrected chi connectivity index (χ0v) is 9.27. The highest BCUT2D eigenvalue weighted by Crippen LogP contribution is 2.11. The van der Waals surface area contributed by atoms with Gasteiger partial charge in [0.05, 0.1) is 23.6 Å². The van der Waals surface area contributed by atoms with E-state index < -0.39 is 0 Å². The van der Waals surface area contributed by atoms with Crippen LogP contribution in [0.1, 0.15) is 21.9 Å². The number of amides is 1. The minimum absolute atomic E-state index is 0.205. The van der Waals surface area contributed by atoms with E-state index in [1.807, 2.05) is 0 Å². The fourth-order valence-corrected chi connectivity index (χ4v) is 1.29. The molecule has 0 aliphatic carbocycles. The molecule has 0 unspecified atom stereocenters. The maximum Gasteiger partial charge on any atom is 0.274 e. The smallest absolute Gasteiger partial charge is 0.274 e. The number of anilines is 1. The fraction of sp³-hybridized carbons (Fsp3) is 0.200. The lowest BCUT2D eigenvalue weighted by Crippen LogP contribution is -2.24. The number of nitrogens with zero attached hydrogens (tertiary/aromatic N) is 3. The van der Waals surface area contributed by atoms with Crippen molar-refractivity contribution in [3.8, 4) is 0 Å². The first kappa shape index (κ1) is 11.1. The number of aryl methyl sites for hydroxylation is 1. The number of carbonyl (C=O) groups is 1. The lowest BCUT2D eigenvalue weighted by molar-refractivity contribution is 0.0946. The second-order valence-electron chi connectivity index (χ2n) is 3.49. The second kappa shape index (κ2) is 4.60. The summed E-state index contributed by atoms with van der Waals surface area (Å²) in [6, 6.07) is 1.72. The van der Waals surface area contributed by atoms with Gasteiger partial charge in [0.2, 0.25) is 0 Å². The number of aromatic nitrogens is 4. The van der Waals surface area contributed by atoms with Crippen molar-refractivity contribution in [3.05, 3.63) is 35.7 Å². The molecule has 0 fully saturated rings. The Kier molecular flexibility index (Phi) is 2.99. The first-order chi connectivity index (χ1) is 8.18. The van der Waals surface area contributed by atoms with E-state index in [1.54, 1.807) is 19.2 Å². The van der Waals surface area contributed by atoms with E-state index in [-0.39, 0.29) is 11.6 Å². The second-order valence-corrected chi connectivity index (χ2v) is 3.49. The summed E-state index contributed by atoms with van der Waals surface area (Å²) in [5.41, 5.74) is 7.66. The number of rotatable bonds is 3. The largest absolute Gasteiger partial charge is 0.395 e. The molecule has 88 valence electrons. The summed E-state index contributed by atoms with van der Waals surface area (Å²) in [7, 11) is 0. The van der Waals surface area contributed by atoms with Crippen molar-refractivity contribution in [1.82, 2.24) is 25.5 Å². The third-order valence-electron chi connectivity index (χ3n) is 2.28. The van der Waals surface area contributed by atoms with Crippen LogP contribution in [0.15, 0.2) is 18.6 Å². The van der Waals surface area contributed by atoms with Crippen LogP contribution in [0.2, 0.25) is 0 Å². The minimum Gasteiger partial charge on any atom is -0.395 e. The zero-order chi connectivity index (χ0) is 12.3. The van der Waals surface area contributed by atoms with Crippen molar-refractivity contribution in [2.75, 3.05) is 5.73 Å². The standard InChI is InChI=1S/C10H12N6O/c1-6-8(11)9(16-15-6)10(17)13-4-7-2-3-12-5-14-7/h2-3,5H,4,11H2,1H3,(H,13,17)(H,15,16). The van der Waals surface area contributed by atoms with Crippen LogP contribution in [0, 0.1) is 6.92 Å². The molecule has 0 aromatic carbocycles. The summed E-state index contributed by atoms with van der Waals surface area (Å²) in [6.45, 7) is 2.07. The molecule has 2 rings (SSSR count). The topological polar surface area (TPSA) is 110 Å². The molecule has 0 spiro atoms. The quantitative estimate of drug-likeness (QED) is 0.691. The van der Waals surface area contributed by atoms with Crippen molar-refractivity contribution >= 4 is 11.6 Å². The normalized spacial score (nSPS) is 10.2. The van der Waals surface area contributed by atoms with E-state index in [9.17, 15) is 4.79 Å². The van der Waals surface area contributed by atoms with E-state index in [4.69, 9.17) is 5.73 Å². The average molecular weight is 232 g/mol. The van der Waals surface area contributed by atoms with Crippen LogP contribution >= 0.6 is 0 Å². The van der Waals surface area contributed by atoms with Crippen LogP contribution in [0.3, 0.4) is 0 Å². The number of H-pyrrole nitrogens is 1. The Hall–Kier alpha value is -2.44. The number of nitrogens with two attached hydrogens (primary N) is 1. The molecule has 4 N–H and O–H groups in total. The third-order valence-corrected chi connectivity index (χ3v) is 2.28. The summed E-state index contributed by atoms with van der Waals surface area (Å²) in [6.07, 6.45) is 3.04. The summed E-state index contributed by atoms with van der Waals surface area (Å²) in [5.74, 6) is -0.328. The molecule has 0 bridgehead atoms. The molecule has 7 nitrogen and oxygen atoms in total. The number of hydrogen-bond donors (Lipinski definition) is 3. The van der Waals surface area contributed by atoms with E-state index >= 15 is 0 Å². The highest BCUT2D eigenvalue weighted by Gasteiger charge is 2.14. The van der Waals surface area contributed by atoms with Gasteiger partial charge in [-0.15, -0.1) is 0 Å². The molecule has 0 saturated carbocycles. The van der Waals surface area contributed by atoms with Gasteiger partial charge in [-0.25, -0.2) is 9.97 Å². The Morgan fingerprint density at radius 2 is 2.41 bits per heavy atom. The van der Waals surface area contributed by atoms with Gasteiger partial charge in [-0.05, 0) is 13.0 Å². The molecule has 2 heterocycles. The molecule has 0 radical (unpaired) electrons. The van der Waals surface area contributed by atoms with Crippen molar-refractivity contribution in [2.24, 2.45) is 0 Å². The monoisotopic (exact) mass is 232 g/mol. The van der Waals surface area contributed by atoms with Gasteiger partial charge in [-0.1, -0.05) is 0 Å². The molecular formula is C10H12N6O. The number of nitrogens with one attached hydrogen (secondary N) is 2. The predicted molar refractivity (Wildman–Crippen MR) is 60.9 cm³/mol. The third kappa shape index (κ3) is 2.39. The Labute approximate surface area is 97.5 Å². The molecule has 2 aromatic rings. The van der Waals surface area contributed by atoms with Gasteiger partial charge in [0.1, 0.15) is 6.33 Å². The number of carbonyl (C=O) groups excluding carboxylic acids is 1. The molecular weight excluding hydrogens is 220 g/mol. The Balaban J connectivity index is 2.01. The van der Waals surface area contributed by atoms with Gasteiger partial charge in [-0.2, -0.15) is 5.10 Å². The lowest BCUT2D eigenvalue weighted by atomic mass is 10.3. The van der Waals surface area contributed by atoms with Crippen molar-refractivity contribution in [2.45, 2.75) is 13.5 Å². The van der Waals surface area contributed by atoms with Gasteiger partial charge < -0.3 is 11.1 Å². The predicted octanol–water partition coefficient (Wildman–Crippen LogP) is 0.0203. The zero-order valence-electron chi connectivity index (χ0n) is 9.27. The minimum atomic E-state index is -0.328.